The van der Waals surface area contributed by atoms with Crippen LogP contribution in [0.25, 0.3) is 0 Å². The van der Waals surface area contributed by atoms with Gasteiger partial charge in [0, 0.05) is 25.3 Å². The number of likely N-dealkylation sites (tertiary alicyclic amines) is 1. The van der Waals surface area contributed by atoms with Crippen LogP contribution in [-0.2, 0) is 0 Å². The molecule has 0 spiro atoms. The maximum atomic E-state index is 12.1. The van der Waals surface area contributed by atoms with Gasteiger partial charge in [-0.1, -0.05) is 0 Å². The normalized spacial score (nSPS) is 19.4. The van der Waals surface area contributed by atoms with Crippen molar-refractivity contribution in [2.75, 3.05) is 18.4 Å². The van der Waals surface area contributed by atoms with E-state index >= 15 is 0 Å². The zero-order chi connectivity index (χ0) is 11.7. The third kappa shape index (κ3) is 2.40. The fourth-order valence-corrected chi connectivity index (χ4v) is 2.15. The molecule has 1 amide bonds. The van der Waals surface area contributed by atoms with Crippen LogP contribution in [0.2, 0.25) is 0 Å². The number of nitrogens with zero attached hydrogens (tertiary/aromatic N) is 2. The number of carbonyl (C=O) groups is 1. The van der Waals surface area contributed by atoms with Crippen LogP contribution in [0.3, 0.4) is 0 Å². The number of aromatic nitrogens is 1. The Labute approximate surface area is 101 Å². The third-order valence-electron chi connectivity index (χ3n) is 3.33. The largest absolute Gasteiger partial charge is 0.367 e. The van der Waals surface area contributed by atoms with E-state index in [1.807, 2.05) is 17.0 Å². The van der Waals surface area contributed by atoms with Crippen molar-refractivity contribution in [1.82, 2.24) is 9.88 Å². The van der Waals surface area contributed by atoms with Crippen molar-refractivity contribution in [2.24, 2.45) is 0 Å². The molecule has 2 heterocycles. The number of nitrogens with one attached hydrogen (secondary N) is 1. The number of rotatable bonds is 3. The van der Waals surface area contributed by atoms with Crippen molar-refractivity contribution in [3.8, 4) is 0 Å². The maximum absolute atomic E-state index is 12.1. The zero-order valence-electron chi connectivity index (χ0n) is 9.85. The minimum absolute atomic E-state index is 0.118. The Balaban J connectivity index is 1.67. The minimum Gasteiger partial charge on any atom is -0.367 e. The molecule has 4 heteroatoms. The number of pyridine rings is 1. The van der Waals surface area contributed by atoms with Crippen LogP contribution < -0.4 is 5.32 Å². The molecule has 1 N–H and O–H groups in total. The summed E-state index contributed by atoms with van der Waals surface area (Å²) in [4.78, 5) is 18.3. The maximum Gasteiger partial charge on any atom is 0.255 e. The van der Waals surface area contributed by atoms with Crippen molar-refractivity contribution < 1.29 is 4.79 Å². The summed E-state index contributed by atoms with van der Waals surface area (Å²) in [6.45, 7) is 1.78. The first-order chi connectivity index (χ1) is 8.33. The molecular weight excluding hydrogens is 214 g/mol. The van der Waals surface area contributed by atoms with Crippen LogP contribution >= 0.6 is 0 Å². The van der Waals surface area contributed by atoms with E-state index in [0.29, 0.717) is 11.6 Å². The van der Waals surface area contributed by atoms with Gasteiger partial charge < -0.3 is 10.2 Å². The Morgan fingerprint density at radius 1 is 1.29 bits per heavy atom. The second-order valence-corrected chi connectivity index (χ2v) is 4.85. The molecule has 0 bridgehead atoms. The monoisotopic (exact) mass is 231 g/mol. The lowest BCUT2D eigenvalue weighted by Crippen LogP contribution is -2.27. The van der Waals surface area contributed by atoms with Crippen molar-refractivity contribution in [1.29, 1.82) is 0 Å². The van der Waals surface area contributed by atoms with Gasteiger partial charge in [-0.25, -0.2) is 4.98 Å². The van der Waals surface area contributed by atoms with E-state index in [0.717, 1.165) is 31.7 Å². The van der Waals surface area contributed by atoms with Crippen molar-refractivity contribution >= 4 is 11.7 Å². The number of hydrogen-bond acceptors (Lipinski definition) is 3. The Morgan fingerprint density at radius 2 is 2.06 bits per heavy atom. The van der Waals surface area contributed by atoms with E-state index in [2.05, 4.69) is 10.3 Å². The zero-order valence-corrected chi connectivity index (χ0v) is 9.85. The molecule has 90 valence electrons. The van der Waals surface area contributed by atoms with Gasteiger partial charge >= 0.3 is 0 Å². The summed E-state index contributed by atoms with van der Waals surface area (Å²) < 4.78 is 0. The fraction of sp³-hybridized carbons (Fsp3) is 0.538. The first-order valence-corrected chi connectivity index (χ1v) is 6.35. The van der Waals surface area contributed by atoms with E-state index in [1.54, 1.807) is 6.20 Å². The predicted molar refractivity (Wildman–Crippen MR) is 66.0 cm³/mol. The highest BCUT2D eigenvalue weighted by Crippen LogP contribution is 2.23. The van der Waals surface area contributed by atoms with E-state index < -0.39 is 0 Å². The van der Waals surface area contributed by atoms with Gasteiger partial charge in [-0.15, -0.1) is 0 Å². The van der Waals surface area contributed by atoms with Crippen LogP contribution in [-0.4, -0.2) is 34.9 Å². The van der Waals surface area contributed by atoms with Crippen LogP contribution in [0.4, 0.5) is 5.82 Å². The molecule has 2 fully saturated rings. The summed E-state index contributed by atoms with van der Waals surface area (Å²) >= 11 is 0. The quantitative estimate of drug-likeness (QED) is 0.864. The molecule has 1 aromatic heterocycles. The molecule has 3 rings (SSSR count). The standard InChI is InChI=1S/C13H17N3O/c17-13(16-7-1-2-8-16)10-3-6-12(14-9-10)15-11-4-5-11/h3,6,9,11H,1-2,4-5,7-8H2,(H,14,15). The summed E-state index contributed by atoms with van der Waals surface area (Å²) in [6.07, 6.45) is 6.40. The lowest BCUT2D eigenvalue weighted by molar-refractivity contribution is 0.0792. The SMILES string of the molecule is O=C(c1ccc(NC2CC2)nc1)N1CCCC1. The topological polar surface area (TPSA) is 45.2 Å². The number of amides is 1. The Morgan fingerprint density at radius 3 is 2.65 bits per heavy atom. The second kappa shape index (κ2) is 4.35. The summed E-state index contributed by atoms with van der Waals surface area (Å²) in [6, 6.07) is 4.38. The average molecular weight is 231 g/mol. The Hall–Kier alpha value is -1.58. The summed E-state index contributed by atoms with van der Waals surface area (Å²) in [7, 11) is 0. The fourth-order valence-electron chi connectivity index (χ4n) is 2.15. The van der Waals surface area contributed by atoms with Crippen LogP contribution in [0.5, 0.6) is 0 Å². The van der Waals surface area contributed by atoms with Crippen molar-refractivity contribution in [2.45, 2.75) is 31.7 Å². The minimum atomic E-state index is 0.118. The molecule has 1 aliphatic heterocycles. The summed E-state index contributed by atoms with van der Waals surface area (Å²) in [5, 5.41) is 3.32. The van der Waals surface area contributed by atoms with Crippen LogP contribution in [0, 0.1) is 0 Å². The molecule has 1 aromatic rings. The van der Waals surface area contributed by atoms with Gasteiger partial charge in [0.05, 0.1) is 5.56 Å². The molecule has 0 atom stereocenters. The second-order valence-electron chi connectivity index (χ2n) is 4.85. The van der Waals surface area contributed by atoms with Crippen LogP contribution in [0.15, 0.2) is 18.3 Å². The lowest BCUT2D eigenvalue weighted by atomic mass is 10.2. The summed E-state index contributed by atoms with van der Waals surface area (Å²) in [5.74, 6) is 0.999. The highest BCUT2D eigenvalue weighted by Gasteiger charge is 2.22. The first-order valence-electron chi connectivity index (χ1n) is 6.35. The van der Waals surface area contributed by atoms with Gasteiger partial charge in [-0.3, -0.25) is 4.79 Å². The van der Waals surface area contributed by atoms with Crippen LogP contribution in [0.1, 0.15) is 36.0 Å². The molecule has 4 nitrogen and oxygen atoms in total. The van der Waals surface area contributed by atoms with Gasteiger partial charge in [0.1, 0.15) is 5.82 Å². The first kappa shape index (κ1) is 10.6. The van der Waals surface area contributed by atoms with Crippen molar-refractivity contribution in [3.63, 3.8) is 0 Å². The average Bonchev–Trinajstić information content (AvgIpc) is 3.00. The molecule has 1 saturated heterocycles. The van der Waals surface area contributed by atoms with Crippen molar-refractivity contribution in [3.05, 3.63) is 23.9 Å². The lowest BCUT2D eigenvalue weighted by Gasteiger charge is -2.15. The molecule has 17 heavy (non-hydrogen) atoms. The smallest absolute Gasteiger partial charge is 0.255 e. The highest BCUT2D eigenvalue weighted by molar-refractivity contribution is 5.94. The summed E-state index contributed by atoms with van der Waals surface area (Å²) in [5.41, 5.74) is 0.702. The van der Waals surface area contributed by atoms with E-state index in [9.17, 15) is 4.79 Å². The van der Waals surface area contributed by atoms with Gasteiger partial charge in [0.25, 0.3) is 5.91 Å². The molecular formula is C13H17N3O. The van der Waals surface area contributed by atoms with Gasteiger partial charge in [-0.2, -0.15) is 0 Å². The van der Waals surface area contributed by atoms with Gasteiger partial charge in [0.2, 0.25) is 0 Å². The third-order valence-corrected chi connectivity index (χ3v) is 3.33. The predicted octanol–water partition coefficient (Wildman–Crippen LogP) is 1.89. The number of anilines is 1. The molecule has 0 aromatic carbocycles. The molecule has 1 saturated carbocycles. The molecule has 1 aliphatic carbocycles. The Kier molecular flexibility index (Phi) is 2.71. The highest BCUT2D eigenvalue weighted by atomic mass is 16.2. The van der Waals surface area contributed by atoms with Gasteiger partial charge in [-0.05, 0) is 37.8 Å². The molecule has 0 radical (unpaired) electrons. The van der Waals surface area contributed by atoms with E-state index in [-0.39, 0.29) is 5.91 Å². The van der Waals surface area contributed by atoms with E-state index in [1.165, 1.54) is 12.8 Å². The molecule has 2 aliphatic rings. The molecule has 0 unspecified atom stereocenters. The van der Waals surface area contributed by atoms with Gasteiger partial charge in [0.15, 0.2) is 0 Å². The Bertz CT molecular complexity index is 405. The number of carbonyl (C=O) groups excluding carboxylic acids is 1. The van der Waals surface area contributed by atoms with E-state index in [4.69, 9.17) is 0 Å². The number of hydrogen-bond donors (Lipinski definition) is 1.